The lowest BCUT2D eigenvalue weighted by molar-refractivity contribution is -0.116. The van der Waals surface area contributed by atoms with E-state index in [9.17, 15) is 9.59 Å². The molecule has 0 spiro atoms. The number of aryl methyl sites for hydroxylation is 2. The van der Waals surface area contributed by atoms with Gasteiger partial charge in [0.25, 0.3) is 5.91 Å². The van der Waals surface area contributed by atoms with E-state index in [0.717, 1.165) is 40.2 Å². The van der Waals surface area contributed by atoms with E-state index in [1.807, 2.05) is 77.4 Å². The maximum Gasteiger partial charge on any atom is 0.275 e. The van der Waals surface area contributed by atoms with Crippen molar-refractivity contribution in [1.82, 2.24) is 9.55 Å². The van der Waals surface area contributed by atoms with Crippen LogP contribution in [-0.4, -0.2) is 28.5 Å². The maximum absolute atomic E-state index is 12.6. The zero-order chi connectivity index (χ0) is 25.3. The highest BCUT2D eigenvalue weighted by molar-refractivity contribution is 6.02. The van der Waals surface area contributed by atoms with Gasteiger partial charge in [0, 0.05) is 30.5 Å². The number of methoxy groups -OCH3 is 1. The van der Waals surface area contributed by atoms with Crippen LogP contribution in [0.4, 0.5) is 11.4 Å². The molecule has 0 aliphatic heterocycles. The van der Waals surface area contributed by atoms with Crippen LogP contribution in [0.3, 0.4) is 0 Å². The van der Waals surface area contributed by atoms with E-state index < -0.39 is 0 Å². The minimum atomic E-state index is -0.241. The average Bonchev–Trinajstić information content (AvgIpc) is 3.38. The molecule has 0 unspecified atom stereocenters. The van der Waals surface area contributed by atoms with Gasteiger partial charge in [0.1, 0.15) is 11.4 Å². The van der Waals surface area contributed by atoms with Crippen LogP contribution in [0.1, 0.15) is 40.5 Å². The van der Waals surface area contributed by atoms with Gasteiger partial charge in [-0.15, -0.1) is 0 Å². The summed E-state index contributed by atoms with van der Waals surface area (Å²) in [6, 6.07) is 23.2. The molecule has 7 heteroatoms. The SMILES string of the molecule is CCc1cccc(NC(=O)c2cn(Cc3ccc(NC(=O)CCc4ccc(OC)cc4)cc3)cn2)c1. The number of amides is 2. The van der Waals surface area contributed by atoms with Gasteiger partial charge < -0.3 is 19.9 Å². The molecule has 0 saturated carbocycles. The number of carbonyl (C=O) groups is 2. The lowest BCUT2D eigenvalue weighted by Crippen LogP contribution is -2.12. The van der Waals surface area contributed by atoms with Gasteiger partial charge in [0.05, 0.1) is 13.4 Å². The number of anilines is 2. The summed E-state index contributed by atoms with van der Waals surface area (Å²) in [5.74, 6) is 0.527. The van der Waals surface area contributed by atoms with Gasteiger partial charge >= 0.3 is 0 Å². The summed E-state index contributed by atoms with van der Waals surface area (Å²) in [4.78, 5) is 29.1. The van der Waals surface area contributed by atoms with Crippen molar-refractivity contribution in [2.45, 2.75) is 32.7 Å². The molecule has 0 radical (unpaired) electrons. The third kappa shape index (κ3) is 6.82. The zero-order valence-electron chi connectivity index (χ0n) is 20.5. The van der Waals surface area contributed by atoms with Crippen molar-refractivity contribution >= 4 is 23.2 Å². The summed E-state index contributed by atoms with van der Waals surface area (Å²) < 4.78 is 7.02. The molecule has 0 saturated heterocycles. The Balaban J connectivity index is 1.27. The van der Waals surface area contributed by atoms with Crippen molar-refractivity contribution < 1.29 is 14.3 Å². The number of nitrogens with one attached hydrogen (secondary N) is 2. The van der Waals surface area contributed by atoms with Crippen LogP contribution in [-0.2, 0) is 24.2 Å². The summed E-state index contributed by atoms with van der Waals surface area (Å²) in [6.07, 6.45) is 5.34. The number of aromatic nitrogens is 2. The first-order valence-corrected chi connectivity index (χ1v) is 12.0. The Hall–Kier alpha value is -4.39. The van der Waals surface area contributed by atoms with Gasteiger partial charge in [-0.05, 0) is 65.9 Å². The van der Waals surface area contributed by atoms with Crippen LogP contribution in [0.5, 0.6) is 5.75 Å². The van der Waals surface area contributed by atoms with Crippen LogP contribution in [0.25, 0.3) is 0 Å². The Morgan fingerprint density at radius 3 is 2.36 bits per heavy atom. The van der Waals surface area contributed by atoms with Crippen molar-refractivity contribution in [2.24, 2.45) is 0 Å². The minimum Gasteiger partial charge on any atom is -0.497 e. The Kier molecular flexibility index (Phi) is 8.13. The van der Waals surface area contributed by atoms with Gasteiger partial charge in [-0.2, -0.15) is 0 Å². The monoisotopic (exact) mass is 482 g/mol. The molecule has 0 aliphatic carbocycles. The second kappa shape index (κ2) is 11.8. The van der Waals surface area contributed by atoms with Gasteiger partial charge in [-0.3, -0.25) is 9.59 Å². The number of nitrogens with zero attached hydrogens (tertiary/aromatic N) is 2. The molecule has 0 bridgehead atoms. The third-order valence-corrected chi connectivity index (χ3v) is 5.86. The van der Waals surface area contributed by atoms with Crippen molar-refractivity contribution in [3.8, 4) is 5.75 Å². The smallest absolute Gasteiger partial charge is 0.275 e. The number of ether oxygens (including phenoxy) is 1. The fourth-order valence-corrected chi connectivity index (χ4v) is 3.81. The predicted molar refractivity (Wildman–Crippen MR) is 141 cm³/mol. The molecular formula is C29H30N4O3. The van der Waals surface area contributed by atoms with Gasteiger partial charge in [-0.25, -0.2) is 4.98 Å². The molecule has 1 heterocycles. The van der Waals surface area contributed by atoms with Gasteiger partial charge in [0.15, 0.2) is 0 Å². The molecule has 2 amide bonds. The van der Waals surface area contributed by atoms with Crippen LogP contribution in [0.15, 0.2) is 85.3 Å². The maximum atomic E-state index is 12.6. The van der Waals surface area contributed by atoms with Crippen molar-refractivity contribution in [2.75, 3.05) is 17.7 Å². The first kappa shape index (κ1) is 24.7. The number of hydrogen-bond donors (Lipinski definition) is 2. The van der Waals surface area contributed by atoms with Crippen LogP contribution in [0.2, 0.25) is 0 Å². The van der Waals surface area contributed by atoms with Crippen molar-refractivity contribution in [1.29, 1.82) is 0 Å². The van der Waals surface area contributed by atoms with Gasteiger partial charge in [-0.1, -0.05) is 43.3 Å². The predicted octanol–water partition coefficient (Wildman–Crippen LogP) is 5.33. The standard InChI is InChI=1S/C29H30N4O3/c1-3-21-5-4-6-25(17-21)32-29(35)27-19-33(20-30-27)18-23-7-12-24(13-8-23)31-28(34)16-11-22-9-14-26(36-2)15-10-22/h4-10,12-15,17,19-20H,3,11,16,18H2,1-2H3,(H,31,34)(H,32,35). The number of imidazole rings is 1. The van der Waals surface area contributed by atoms with Crippen LogP contribution >= 0.6 is 0 Å². The Morgan fingerprint density at radius 1 is 0.889 bits per heavy atom. The summed E-state index contributed by atoms with van der Waals surface area (Å²) in [5, 5.41) is 5.84. The molecule has 36 heavy (non-hydrogen) atoms. The summed E-state index contributed by atoms with van der Waals surface area (Å²) in [6.45, 7) is 2.64. The Morgan fingerprint density at radius 2 is 1.64 bits per heavy atom. The second-order valence-corrected chi connectivity index (χ2v) is 8.53. The lowest BCUT2D eigenvalue weighted by Gasteiger charge is -2.08. The molecule has 0 aliphatic rings. The summed E-state index contributed by atoms with van der Waals surface area (Å²) >= 11 is 0. The minimum absolute atomic E-state index is 0.0340. The van der Waals surface area contributed by atoms with E-state index in [0.29, 0.717) is 25.1 Å². The van der Waals surface area contributed by atoms with E-state index in [2.05, 4.69) is 22.5 Å². The lowest BCUT2D eigenvalue weighted by atomic mass is 10.1. The molecule has 0 atom stereocenters. The van der Waals surface area contributed by atoms with E-state index in [4.69, 9.17) is 4.74 Å². The Bertz CT molecular complexity index is 1310. The summed E-state index contributed by atoms with van der Waals surface area (Å²) in [5.41, 5.74) is 5.15. The molecule has 7 nitrogen and oxygen atoms in total. The molecule has 4 rings (SSSR count). The fourth-order valence-electron chi connectivity index (χ4n) is 3.81. The van der Waals surface area contributed by atoms with Crippen LogP contribution < -0.4 is 15.4 Å². The highest BCUT2D eigenvalue weighted by Gasteiger charge is 2.11. The molecular weight excluding hydrogens is 452 g/mol. The largest absolute Gasteiger partial charge is 0.497 e. The van der Waals surface area contributed by atoms with E-state index >= 15 is 0 Å². The molecule has 184 valence electrons. The molecule has 4 aromatic rings. The normalized spacial score (nSPS) is 10.6. The number of carbonyl (C=O) groups excluding carboxylic acids is 2. The number of rotatable bonds is 10. The number of benzene rings is 3. The highest BCUT2D eigenvalue weighted by atomic mass is 16.5. The average molecular weight is 483 g/mol. The van der Waals surface area contributed by atoms with E-state index in [1.165, 1.54) is 0 Å². The highest BCUT2D eigenvalue weighted by Crippen LogP contribution is 2.16. The first-order valence-electron chi connectivity index (χ1n) is 12.0. The zero-order valence-corrected chi connectivity index (χ0v) is 20.5. The van der Waals surface area contributed by atoms with Crippen molar-refractivity contribution in [3.05, 3.63) is 108 Å². The molecule has 0 fully saturated rings. The first-order chi connectivity index (χ1) is 17.5. The Labute approximate surface area is 211 Å². The van der Waals surface area contributed by atoms with E-state index in [1.54, 1.807) is 19.6 Å². The van der Waals surface area contributed by atoms with Crippen LogP contribution in [0, 0.1) is 0 Å². The number of hydrogen-bond acceptors (Lipinski definition) is 4. The van der Waals surface area contributed by atoms with Gasteiger partial charge in [0.2, 0.25) is 5.91 Å². The third-order valence-electron chi connectivity index (χ3n) is 5.86. The molecule has 1 aromatic heterocycles. The quantitative estimate of drug-likeness (QED) is 0.320. The molecule has 3 aromatic carbocycles. The van der Waals surface area contributed by atoms with Crippen molar-refractivity contribution in [3.63, 3.8) is 0 Å². The summed E-state index contributed by atoms with van der Waals surface area (Å²) in [7, 11) is 1.63. The van der Waals surface area contributed by atoms with E-state index in [-0.39, 0.29) is 11.8 Å². The topological polar surface area (TPSA) is 85.2 Å². The molecule has 2 N–H and O–H groups in total. The fraction of sp³-hybridized carbons (Fsp3) is 0.207. The second-order valence-electron chi connectivity index (χ2n) is 8.53.